The van der Waals surface area contributed by atoms with E-state index in [1.807, 2.05) is 13.8 Å². The maximum Gasteiger partial charge on any atom is 0.328 e. The third-order valence-corrected chi connectivity index (χ3v) is 4.39. The van der Waals surface area contributed by atoms with Crippen molar-refractivity contribution in [1.29, 1.82) is 0 Å². The van der Waals surface area contributed by atoms with E-state index in [0.717, 1.165) is 0 Å². The van der Waals surface area contributed by atoms with Crippen LogP contribution in [0.3, 0.4) is 0 Å². The molecule has 3 rings (SSSR count). The molecule has 1 aromatic carbocycles. The van der Waals surface area contributed by atoms with Crippen LogP contribution < -0.4 is 9.47 Å². The number of rotatable bonds is 6. The maximum absolute atomic E-state index is 13.1. The first-order chi connectivity index (χ1) is 13.0. The molecule has 0 aliphatic carbocycles. The van der Waals surface area contributed by atoms with Gasteiger partial charge in [-0.25, -0.2) is 4.79 Å². The van der Waals surface area contributed by atoms with Gasteiger partial charge in [0.05, 0.1) is 26.3 Å². The van der Waals surface area contributed by atoms with Crippen LogP contribution >= 0.6 is 0 Å². The van der Waals surface area contributed by atoms with E-state index >= 15 is 0 Å². The lowest BCUT2D eigenvalue weighted by Crippen LogP contribution is -2.50. The molecule has 1 aliphatic rings. The van der Waals surface area contributed by atoms with E-state index in [1.165, 1.54) is 4.90 Å². The van der Waals surface area contributed by atoms with Crippen molar-refractivity contribution in [1.82, 2.24) is 19.7 Å². The number of amides is 1. The summed E-state index contributed by atoms with van der Waals surface area (Å²) in [4.78, 5) is 26.1. The number of hydrogen-bond donors (Lipinski definition) is 1. The Balaban J connectivity index is 1.93. The van der Waals surface area contributed by atoms with Gasteiger partial charge in [0.2, 0.25) is 0 Å². The average Bonchev–Trinajstić information content (AvgIpc) is 3.02. The standard InChI is InChI=1S/C18H22N4O5/c1-4-26-14-7-6-12(8-15(14)27-5-2)17(23)22-10-16-20-19-11(3)21(16)9-13(22)18(24)25/h6-8,13H,4-5,9-10H2,1-3H3,(H,24,25). The van der Waals surface area contributed by atoms with Crippen LogP contribution in [0.25, 0.3) is 0 Å². The second kappa shape index (κ2) is 7.65. The molecule has 1 unspecified atom stereocenters. The number of carbonyl (C=O) groups is 2. The van der Waals surface area contributed by atoms with Crippen molar-refractivity contribution in [3.8, 4) is 11.5 Å². The molecule has 2 aromatic rings. The molecule has 9 heteroatoms. The van der Waals surface area contributed by atoms with Crippen molar-refractivity contribution in [2.45, 2.75) is 39.9 Å². The Kier molecular flexibility index (Phi) is 5.29. The summed E-state index contributed by atoms with van der Waals surface area (Å²) in [6.45, 7) is 6.53. The number of aromatic nitrogens is 3. The number of fused-ring (bicyclic) bond motifs is 1. The predicted octanol–water partition coefficient (Wildman–Crippen LogP) is 1.49. The number of carboxylic acid groups (broad SMARTS) is 1. The lowest BCUT2D eigenvalue weighted by molar-refractivity contribution is -0.143. The number of carbonyl (C=O) groups excluding carboxylic acids is 1. The van der Waals surface area contributed by atoms with Gasteiger partial charge in [-0.05, 0) is 39.0 Å². The fourth-order valence-corrected chi connectivity index (χ4v) is 3.09. The molecule has 2 heterocycles. The molecule has 27 heavy (non-hydrogen) atoms. The Morgan fingerprint density at radius 1 is 1.19 bits per heavy atom. The molecular weight excluding hydrogens is 352 g/mol. The summed E-state index contributed by atoms with van der Waals surface area (Å²) in [5, 5.41) is 17.6. The fraction of sp³-hybridized carbons (Fsp3) is 0.444. The van der Waals surface area contributed by atoms with Crippen LogP contribution in [0, 0.1) is 6.92 Å². The van der Waals surface area contributed by atoms with Gasteiger partial charge >= 0.3 is 5.97 Å². The van der Waals surface area contributed by atoms with Gasteiger partial charge in [-0.2, -0.15) is 0 Å². The Labute approximate surface area is 156 Å². The first kappa shape index (κ1) is 18.7. The molecule has 9 nitrogen and oxygen atoms in total. The number of nitrogens with zero attached hydrogens (tertiary/aromatic N) is 4. The Hall–Kier alpha value is -3.10. The molecule has 1 N–H and O–H groups in total. The van der Waals surface area contributed by atoms with Crippen molar-refractivity contribution in [2.24, 2.45) is 0 Å². The molecule has 1 aromatic heterocycles. The molecule has 0 spiro atoms. The summed E-state index contributed by atoms with van der Waals surface area (Å²) >= 11 is 0. The highest BCUT2D eigenvalue weighted by atomic mass is 16.5. The Bertz CT molecular complexity index is 863. The summed E-state index contributed by atoms with van der Waals surface area (Å²) in [5.41, 5.74) is 0.331. The van der Waals surface area contributed by atoms with Crippen LogP contribution in [0.5, 0.6) is 11.5 Å². The molecule has 0 saturated carbocycles. The van der Waals surface area contributed by atoms with Crippen LogP contribution in [0.4, 0.5) is 0 Å². The zero-order chi connectivity index (χ0) is 19.6. The van der Waals surface area contributed by atoms with Gasteiger partial charge in [-0.15, -0.1) is 10.2 Å². The highest BCUT2D eigenvalue weighted by Gasteiger charge is 2.37. The summed E-state index contributed by atoms with van der Waals surface area (Å²) in [6.07, 6.45) is 0. The summed E-state index contributed by atoms with van der Waals surface area (Å²) < 4.78 is 12.8. The van der Waals surface area contributed by atoms with E-state index in [-0.39, 0.29) is 13.1 Å². The fourth-order valence-electron chi connectivity index (χ4n) is 3.09. The first-order valence-corrected chi connectivity index (χ1v) is 8.78. The monoisotopic (exact) mass is 374 g/mol. The number of aliphatic carboxylic acids is 1. The van der Waals surface area contributed by atoms with E-state index in [9.17, 15) is 14.7 Å². The van der Waals surface area contributed by atoms with E-state index in [1.54, 1.807) is 29.7 Å². The minimum Gasteiger partial charge on any atom is -0.490 e. The largest absolute Gasteiger partial charge is 0.490 e. The minimum absolute atomic E-state index is 0.0772. The van der Waals surface area contributed by atoms with E-state index in [4.69, 9.17) is 9.47 Å². The molecule has 1 amide bonds. The number of ether oxygens (including phenoxy) is 2. The maximum atomic E-state index is 13.1. The smallest absolute Gasteiger partial charge is 0.328 e. The molecular formula is C18H22N4O5. The highest BCUT2D eigenvalue weighted by molar-refractivity contribution is 5.97. The second-order valence-corrected chi connectivity index (χ2v) is 6.09. The Morgan fingerprint density at radius 3 is 2.56 bits per heavy atom. The topological polar surface area (TPSA) is 107 Å². The molecule has 0 radical (unpaired) electrons. The van der Waals surface area contributed by atoms with Gasteiger partial charge in [-0.1, -0.05) is 0 Å². The van der Waals surface area contributed by atoms with Crippen LogP contribution in [0.2, 0.25) is 0 Å². The lowest BCUT2D eigenvalue weighted by Gasteiger charge is -2.33. The number of carboxylic acids is 1. The van der Waals surface area contributed by atoms with Crippen molar-refractivity contribution in [3.63, 3.8) is 0 Å². The zero-order valence-electron chi connectivity index (χ0n) is 15.5. The van der Waals surface area contributed by atoms with Gasteiger partial charge in [0.15, 0.2) is 17.3 Å². The van der Waals surface area contributed by atoms with Gasteiger partial charge in [0, 0.05) is 5.56 Å². The van der Waals surface area contributed by atoms with Gasteiger partial charge in [-0.3, -0.25) is 4.79 Å². The van der Waals surface area contributed by atoms with E-state index < -0.39 is 17.9 Å². The van der Waals surface area contributed by atoms with E-state index in [2.05, 4.69) is 10.2 Å². The lowest BCUT2D eigenvalue weighted by atomic mass is 10.1. The average molecular weight is 374 g/mol. The summed E-state index contributed by atoms with van der Waals surface area (Å²) in [5.74, 6) is 0.710. The predicted molar refractivity (Wildman–Crippen MR) is 94.8 cm³/mol. The number of benzene rings is 1. The van der Waals surface area contributed by atoms with Crippen LogP contribution in [0.1, 0.15) is 35.9 Å². The molecule has 1 aliphatic heterocycles. The van der Waals surface area contributed by atoms with Gasteiger partial charge < -0.3 is 24.0 Å². The molecule has 0 fully saturated rings. The third-order valence-electron chi connectivity index (χ3n) is 4.39. The number of hydrogen-bond acceptors (Lipinski definition) is 6. The Morgan fingerprint density at radius 2 is 1.89 bits per heavy atom. The zero-order valence-corrected chi connectivity index (χ0v) is 15.5. The van der Waals surface area contributed by atoms with Crippen LogP contribution in [-0.2, 0) is 17.9 Å². The molecule has 0 bridgehead atoms. The van der Waals surface area contributed by atoms with Crippen LogP contribution in [-0.4, -0.2) is 55.9 Å². The normalized spacial score (nSPS) is 16.0. The molecule has 0 saturated heterocycles. The second-order valence-electron chi connectivity index (χ2n) is 6.09. The van der Waals surface area contributed by atoms with Gasteiger partial charge in [0.1, 0.15) is 11.9 Å². The van der Waals surface area contributed by atoms with Gasteiger partial charge in [0.25, 0.3) is 5.91 Å². The van der Waals surface area contributed by atoms with Crippen molar-refractivity contribution < 1.29 is 24.2 Å². The van der Waals surface area contributed by atoms with Crippen LogP contribution in [0.15, 0.2) is 18.2 Å². The minimum atomic E-state index is -1.07. The summed E-state index contributed by atoms with van der Waals surface area (Å²) in [7, 11) is 0. The molecule has 1 atom stereocenters. The SMILES string of the molecule is CCOc1ccc(C(=O)N2Cc3nnc(C)n3CC2C(=O)O)cc1OCC. The van der Waals surface area contributed by atoms with Crippen molar-refractivity contribution in [3.05, 3.63) is 35.4 Å². The first-order valence-electron chi connectivity index (χ1n) is 8.78. The van der Waals surface area contributed by atoms with E-state index in [0.29, 0.717) is 41.9 Å². The highest BCUT2D eigenvalue weighted by Crippen LogP contribution is 2.30. The quantitative estimate of drug-likeness (QED) is 0.816. The summed E-state index contributed by atoms with van der Waals surface area (Å²) in [6, 6.07) is 3.86. The number of aryl methyl sites for hydroxylation is 1. The molecule has 144 valence electrons. The van der Waals surface area contributed by atoms with Crippen molar-refractivity contribution in [2.75, 3.05) is 13.2 Å². The third kappa shape index (κ3) is 3.57. The van der Waals surface area contributed by atoms with Crippen molar-refractivity contribution >= 4 is 11.9 Å².